The Morgan fingerprint density at radius 1 is 1.16 bits per heavy atom. The molecule has 0 aliphatic carbocycles. The molecule has 3 rings (SSSR count). The van der Waals surface area contributed by atoms with Crippen molar-refractivity contribution in [2.45, 2.75) is 39.0 Å². The third-order valence-corrected chi connectivity index (χ3v) is 4.60. The molecule has 0 unspecified atom stereocenters. The summed E-state index contributed by atoms with van der Waals surface area (Å²) in [7, 11) is 1.68. The Hall–Kier alpha value is -2.04. The van der Waals surface area contributed by atoms with Crippen molar-refractivity contribution in [2.24, 2.45) is 0 Å². The third-order valence-electron chi connectivity index (χ3n) is 4.60. The Bertz CT molecular complexity index is 681. The molecule has 1 aliphatic heterocycles. The second-order valence-corrected chi connectivity index (χ2v) is 6.47. The lowest BCUT2D eigenvalue weighted by molar-refractivity contribution is 0.110. The van der Waals surface area contributed by atoms with Crippen molar-refractivity contribution in [3.63, 3.8) is 0 Å². The fourth-order valence-electron chi connectivity index (χ4n) is 3.05. The Morgan fingerprint density at radius 3 is 2.80 bits per heavy atom. The zero-order valence-electron chi connectivity index (χ0n) is 15.1. The van der Waals surface area contributed by atoms with E-state index in [1.165, 1.54) is 23.1 Å². The highest BCUT2D eigenvalue weighted by molar-refractivity contribution is 5.43. The minimum Gasteiger partial charge on any atom is -0.493 e. The van der Waals surface area contributed by atoms with Crippen molar-refractivity contribution >= 4 is 0 Å². The Balaban J connectivity index is 1.56. The van der Waals surface area contributed by atoms with E-state index in [1.807, 2.05) is 24.3 Å². The van der Waals surface area contributed by atoms with E-state index in [9.17, 15) is 0 Å². The first-order valence-electron chi connectivity index (χ1n) is 8.93. The standard InChI is InChI=1S/C21H27NO3/c1-16-6-3-4-7-18(16)15-25-20-10-9-17(12-21(20)23-2)13-22-14-19-8-5-11-24-19/h3-4,6-7,9-10,12,19,22H,5,8,11,13-15H2,1-2H3/t19-/m1/s1. The van der Waals surface area contributed by atoms with Gasteiger partial charge in [0.2, 0.25) is 0 Å². The maximum absolute atomic E-state index is 5.97. The molecule has 0 radical (unpaired) electrons. The Morgan fingerprint density at radius 2 is 2.04 bits per heavy atom. The van der Waals surface area contributed by atoms with E-state index >= 15 is 0 Å². The van der Waals surface area contributed by atoms with Crippen LogP contribution in [0.1, 0.15) is 29.5 Å². The summed E-state index contributed by atoms with van der Waals surface area (Å²) in [5.74, 6) is 1.54. The minimum atomic E-state index is 0.360. The van der Waals surface area contributed by atoms with Crippen molar-refractivity contribution < 1.29 is 14.2 Å². The highest BCUT2D eigenvalue weighted by Gasteiger charge is 2.14. The van der Waals surface area contributed by atoms with Gasteiger partial charge in [0.05, 0.1) is 13.2 Å². The summed E-state index contributed by atoms with van der Waals surface area (Å²) >= 11 is 0. The fraction of sp³-hybridized carbons (Fsp3) is 0.429. The van der Waals surface area contributed by atoms with Crippen LogP contribution in [0.5, 0.6) is 11.5 Å². The van der Waals surface area contributed by atoms with Crippen LogP contribution in [-0.4, -0.2) is 26.4 Å². The van der Waals surface area contributed by atoms with Gasteiger partial charge >= 0.3 is 0 Å². The summed E-state index contributed by atoms with van der Waals surface area (Å²) in [6, 6.07) is 14.4. The van der Waals surface area contributed by atoms with E-state index in [2.05, 4.69) is 30.4 Å². The number of hydrogen-bond donors (Lipinski definition) is 1. The van der Waals surface area contributed by atoms with Crippen LogP contribution in [0.3, 0.4) is 0 Å². The molecule has 1 saturated heterocycles. The van der Waals surface area contributed by atoms with E-state index in [4.69, 9.17) is 14.2 Å². The Labute approximate surface area is 150 Å². The average Bonchev–Trinajstić information content (AvgIpc) is 3.15. The third kappa shape index (κ3) is 4.97. The predicted molar refractivity (Wildman–Crippen MR) is 99.2 cm³/mol. The average molecular weight is 341 g/mol. The maximum atomic E-state index is 5.97. The molecule has 0 amide bonds. The normalized spacial score (nSPS) is 16.8. The van der Waals surface area contributed by atoms with Crippen molar-refractivity contribution in [3.05, 3.63) is 59.2 Å². The SMILES string of the molecule is COc1cc(CNC[C@H]2CCCO2)ccc1OCc1ccccc1C. The molecule has 0 saturated carbocycles. The van der Waals surface area contributed by atoms with E-state index in [0.717, 1.165) is 37.6 Å². The number of rotatable bonds is 8. The molecule has 0 aromatic heterocycles. The van der Waals surface area contributed by atoms with Gasteiger partial charge in [-0.05, 0) is 48.6 Å². The molecule has 4 heteroatoms. The number of hydrogen-bond acceptors (Lipinski definition) is 4. The van der Waals surface area contributed by atoms with Crippen LogP contribution in [-0.2, 0) is 17.9 Å². The first-order valence-corrected chi connectivity index (χ1v) is 8.93. The van der Waals surface area contributed by atoms with E-state index in [1.54, 1.807) is 7.11 Å². The van der Waals surface area contributed by atoms with Gasteiger partial charge in [-0.25, -0.2) is 0 Å². The molecule has 2 aromatic carbocycles. The maximum Gasteiger partial charge on any atom is 0.161 e. The summed E-state index contributed by atoms with van der Waals surface area (Å²) in [5.41, 5.74) is 3.60. The molecule has 1 heterocycles. The van der Waals surface area contributed by atoms with Crippen LogP contribution in [0.4, 0.5) is 0 Å². The summed E-state index contributed by atoms with van der Waals surface area (Å²) in [6.45, 7) is 5.23. The van der Waals surface area contributed by atoms with Gasteiger partial charge in [-0.15, -0.1) is 0 Å². The summed E-state index contributed by atoms with van der Waals surface area (Å²) in [5, 5.41) is 3.46. The molecule has 0 spiro atoms. The van der Waals surface area contributed by atoms with Gasteiger partial charge in [0.1, 0.15) is 6.61 Å². The van der Waals surface area contributed by atoms with Gasteiger partial charge in [-0.2, -0.15) is 0 Å². The molecule has 1 N–H and O–H groups in total. The van der Waals surface area contributed by atoms with Crippen molar-refractivity contribution in [2.75, 3.05) is 20.3 Å². The van der Waals surface area contributed by atoms with Gasteiger partial charge in [-0.3, -0.25) is 0 Å². The zero-order valence-corrected chi connectivity index (χ0v) is 15.1. The Kier molecular flexibility index (Phi) is 6.31. The summed E-state index contributed by atoms with van der Waals surface area (Å²) in [6.07, 6.45) is 2.69. The van der Waals surface area contributed by atoms with Crippen LogP contribution in [0.15, 0.2) is 42.5 Å². The van der Waals surface area contributed by atoms with E-state index in [-0.39, 0.29) is 0 Å². The van der Waals surface area contributed by atoms with Gasteiger partial charge in [-0.1, -0.05) is 30.3 Å². The number of methoxy groups -OCH3 is 1. The van der Waals surface area contributed by atoms with Crippen LogP contribution >= 0.6 is 0 Å². The second kappa shape index (κ2) is 8.88. The van der Waals surface area contributed by atoms with Gasteiger partial charge in [0.25, 0.3) is 0 Å². The number of aryl methyl sites for hydroxylation is 1. The molecule has 4 nitrogen and oxygen atoms in total. The van der Waals surface area contributed by atoms with Crippen LogP contribution in [0.2, 0.25) is 0 Å². The lowest BCUT2D eigenvalue weighted by Gasteiger charge is -2.14. The molecule has 0 bridgehead atoms. The predicted octanol–water partition coefficient (Wildman–Crippen LogP) is 3.85. The molecule has 25 heavy (non-hydrogen) atoms. The summed E-state index contributed by atoms with van der Waals surface area (Å²) < 4.78 is 17.1. The molecular formula is C21H27NO3. The smallest absolute Gasteiger partial charge is 0.161 e. The highest BCUT2D eigenvalue weighted by Crippen LogP contribution is 2.29. The minimum absolute atomic E-state index is 0.360. The zero-order chi connectivity index (χ0) is 17.5. The largest absolute Gasteiger partial charge is 0.493 e. The number of benzene rings is 2. The molecule has 2 aromatic rings. The van der Waals surface area contributed by atoms with E-state index < -0.39 is 0 Å². The quantitative estimate of drug-likeness (QED) is 0.792. The van der Waals surface area contributed by atoms with Crippen molar-refractivity contribution in [1.29, 1.82) is 0 Å². The monoisotopic (exact) mass is 341 g/mol. The van der Waals surface area contributed by atoms with E-state index in [0.29, 0.717) is 12.7 Å². The second-order valence-electron chi connectivity index (χ2n) is 6.47. The van der Waals surface area contributed by atoms with Crippen molar-refractivity contribution in [1.82, 2.24) is 5.32 Å². The fourth-order valence-corrected chi connectivity index (χ4v) is 3.05. The van der Waals surface area contributed by atoms with Gasteiger partial charge in [0, 0.05) is 19.7 Å². The lowest BCUT2D eigenvalue weighted by atomic mass is 10.1. The topological polar surface area (TPSA) is 39.7 Å². The molecule has 1 atom stereocenters. The van der Waals surface area contributed by atoms with Gasteiger partial charge < -0.3 is 19.5 Å². The molecule has 1 fully saturated rings. The van der Waals surface area contributed by atoms with Crippen LogP contribution in [0.25, 0.3) is 0 Å². The summed E-state index contributed by atoms with van der Waals surface area (Å²) in [4.78, 5) is 0. The first-order chi connectivity index (χ1) is 12.3. The van der Waals surface area contributed by atoms with Crippen LogP contribution < -0.4 is 14.8 Å². The molecular weight excluding hydrogens is 314 g/mol. The van der Waals surface area contributed by atoms with Crippen LogP contribution in [0, 0.1) is 6.92 Å². The number of ether oxygens (including phenoxy) is 3. The molecule has 1 aliphatic rings. The van der Waals surface area contributed by atoms with Crippen molar-refractivity contribution in [3.8, 4) is 11.5 Å². The lowest BCUT2D eigenvalue weighted by Crippen LogP contribution is -2.25. The number of nitrogens with one attached hydrogen (secondary N) is 1. The highest BCUT2D eigenvalue weighted by atomic mass is 16.5. The first kappa shape index (κ1) is 17.8. The van der Waals surface area contributed by atoms with Gasteiger partial charge in [0.15, 0.2) is 11.5 Å². The molecule has 134 valence electrons.